The molecule has 1 unspecified atom stereocenters. The van der Waals surface area contributed by atoms with Crippen molar-refractivity contribution in [3.63, 3.8) is 0 Å². The van der Waals surface area contributed by atoms with Gasteiger partial charge in [0.1, 0.15) is 11.8 Å². The van der Waals surface area contributed by atoms with Gasteiger partial charge in [-0.25, -0.2) is 0 Å². The SMILES string of the molecule is C=CCN(CC=C)C(=O)C(C)NC(=O)COc1ccc(Br)cc1. The first-order chi connectivity index (χ1) is 11.0. The Morgan fingerprint density at radius 3 is 2.35 bits per heavy atom. The van der Waals surface area contributed by atoms with Gasteiger partial charge < -0.3 is 15.0 Å². The molecule has 5 nitrogen and oxygen atoms in total. The zero-order valence-electron chi connectivity index (χ0n) is 13.1. The minimum Gasteiger partial charge on any atom is -0.484 e. The second-order valence-electron chi connectivity index (χ2n) is 4.85. The first-order valence-corrected chi connectivity index (χ1v) is 7.95. The highest BCUT2D eigenvalue weighted by Crippen LogP contribution is 2.15. The molecule has 1 aromatic carbocycles. The number of nitrogens with zero attached hydrogens (tertiary/aromatic N) is 1. The minimum atomic E-state index is -0.643. The van der Waals surface area contributed by atoms with Crippen LogP contribution in [0, 0.1) is 0 Å². The molecular weight excluding hydrogens is 360 g/mol. The molecule has 0 bridgehead atoms. The molecule has 1 N–H and O–H groups in total. The summed E-state index contributed by atoms with van der Waals surface area (Å²) in [6, 6.07) is 6.50. The first kappa shape index (κ1) is 19.0. The van der Waals surface area contributed by atoms with Crippen LogP contribution >= 0.6 is 15.9 Å². The predicted octanol–water partition coefficient (Wildman–Crippen LogP) is 2.53. The highest BCUT2D eigenvalue weighted by Gasteiger charge is 2.20. The van der Waals surface area contributed by atoms with E-state index in [0.29, 0.717) is 18.8 Å². The Labute approximate surface area is 145 Å². The van der Waals surface area contributed by atoms with Gasteiger partial charge in [0.05, 0.1) is 0 Å². The molecule has 0 saturated heterocycles. The number of ether oxygens (including phenoxy) is 1. The number of hydrogen-bond donors (Lipinski definition) is 1. The van der Waals surface area contributed by atoms with Gasteiger partial charge in [-0.1, -0.05) is 28.1 Å². The second kappa shape index (κ2) is 9.84. The van der Waals surface area contributed by atoms with Crippen LogP contribution < -0.4 is 10.1 Å². The van der Waals surface area contributed by atoms with Crippen LogP contribution in [0.15, 0.2) is 54.0 Å². The number of nitrogens with one attached hydrogen (secondary N) is 1. The fourth-order valence-corrected chi connectivity index (χ4v) is 2.13. The van der Waals surface area contributed by atoms with Crippen LogP contribution in [0.1, 0.15) is 6.92 Å². The van der Waals surface area contributed by atoms with E-state index in [2.05, 4.69) is 34.4 Å². The maximum absolute atomic E-state index is 12.2. The van der Waals surface area contributed by atoms with Gasteiger partial charge in [-0.3, -0.25) is 9.59 Å². The minimum absolute atomic E-state index is 0.151. The third-order valence-corrected chi connectivity index (χ3v) is 3.47. The molecule has 124 valence electrons. The average molecular weight is 381 g/mol. The van der Waals surface area contributed by atoms with Crippen molar-refractivity contribution in [3.8, 4) is 5.75 Å². The number of amides is 2. The number of halogens is 1. The summed E-state index contributed by atoms with van der Waals surface area (Å²) in [5.74, 6) is 0.0370. The molecule has 0 heterocycles. The molecule has 1 rings (SSSR count). The van der Waals surface area contributed by atoms with Crippen molar-refractivity contribution >= 4 is 27.7 Å². The lowest BCUT2D eigenvalue weighted by molar-refractivity contribution is -0.135. The number of carbonyl (C=O) groups is 2. The van der Waals surface area contributed by atoms with Crippen molar-refractivity contribution in [1.82, 2.24) is 10.2 Å². The summed E-state index contributed by atoms with van der Waals surface area (Å²) < 4.78 is 6.30. The fourth-order valence-electron chi connectivity index (χ4n) is 1.86. The van der Waals surface area contributed by atoms with Crippen LogP contribution in [0.4, 0.5) is 0 Å². The van der Waals surface area contributed by atoms with Crippen LogP contribution in [0.3, 0.4) is 0 Å². The Kier molecular flexibility index (Phi) is 8.11. The summed E-state index contributed by atoms with van der Waals surface area (Å²) in [5, 5.41) is 2.63. The molecule has 6 heteroatoms. The molecule has 0 fully saturated rings. The Balaban J connectivity index is 2.48. The lowest BCUT2D eigenvalue weighted by atomic mass is 10.2. The van der Waals surface area contributed by atoms with Crippen LogP contribution in [0.25, 0.3) is 0 Å². The van der Waals surface area contributed by atoms with Gasteiger partial charge in [0.2, 0.25) is 5.91 Å². The van der Waals surface area contributed by atoms with E-state index < -0.39 is 6.04 Å². The largest absolute Gasteiger partial charge is 0.484 e. The molecule has 0 aromatic heterocycles. The molecule has 0 spiro atoms. The molecule has 0 aliphatic carbocycles. The summed E-state index contributed by atoms with van der Waals surface area (Å²) in [6.07, 6.45) is 3.26. The Bertz CT molecular complexity index is 547. The Morgan fingerprint density at radius 2 is 1.83 bits per heavy atom. The van der Waals surface area contributed by atoms with Gasteiger partial charge in [-0.2, -0.15) is 0 Å². The monoisotopic (exact) mass is 380 g/mol. The number of rotatable bonds is 9. The van der Waals surface area contributed by atoms with Gasteiger partial charge in [0.25, 0.3) is 5.91 Å². The van der Waals surface area contributed by atoms with Gasteiger partial charge in [0.15, 0.2) is 6.61 Å². The zero-order chi connectivity index (χ0) is 17.2. The van der Waals surface area contributed by atoms with Crippen LogP contribution in [0.2, 0.25) is 0 Å². The summed E-state index contributed by atoms with van der Waals surface area (Å²) >= 11 is 3.32. The molecule has 0 aliphatic rings. The summed E-state index contributed by atoms with van der Waals surface area (Å²) in [7, 11) is 0. The van der Waals surface area contributed by atoms with Gasteiger partial charge in [-0.15, -0.1) is 13.2 Å². The third-order valence-electron chi connectivity index (χ3n) is 2.94. The molecule has 23 heavy (non-hydrogen) atoms. The number of hydrogen-bond acceptors (Lipinski definition) is 3. The van der Waals surface area contributed by atoms with Gasteiger partial charge >= 0.3 is 0 Å². The third kappa shape index (κ3) is 6.69. The summed E-state index contributed by atoms with van der Waals surface area (Å²) in [5.41, 5.74) is 0. The van der Waals surface area contributed by atoms with E-state index in [9.17, 15) is 9.59 Å². The smallest absolute Gasteiger partial charge is 0.258 e. The molecule has 1 aromatic rings. The molecule has 0 aliphatic heterocycles. The van der Waals surface area contributed by atoms with Crippen molar-refractivity contribution < 1.29 is 14.3 Å². The average Bonchev–Trinajstić information content (AvgIpc) is 2.53. The zero-order valence-corrected chi connectivity index (χ0v) is 14.7. The van der Waals surface area contributed by atoms with E-state index in [4.69, 9.17) is 4.74 Å². The van der Waals surface area contributed by atoms with E-state index in [1.807, 2.05) is 12.1 Å². The van der Waals surface area contributed by atoms with E-state index >= 15 is 0 Å². The summed E-state index contributed by atoms with van der Waals surface area (Å²) in [4.78, 5) is 25.7. The van der Waals surface area contributed by atoms with Crippen LogP contribution in [0.5, 0.6) is 5.75 Å². The quantitative estimate of drug-likeness (QED) is 0.669. The maximum Gasteiger partial charge on any atom is 0.258 e. The lowest BCUT2D eigenvalue weighted by Crippen LogP contribution is -2.48. The predicted molar refractivity (Wildman–Crippen MR) is 94.2 cm³/mol. The Morgan fingerprint density at radius 1 is 1.26 bits per heavy atom. The fraction of sp³-hybridized carbons (Fsp3) is 0.294. The normalized spacial score (nSPS) is 11.2. The lowest BCUT2D eigenvalue weighted by Gasteiger charge is -2.23. The van der Waals surface area contributed by atoms with Crippen molar-refractivity contribution in [2.45, 2.75) is 13.0 Å². The van der Waals surface area contributed by atoms with Crippen LogP contribution in [-0.4, -0.2) is 42.5 Å². The standard InChI is InChI=1S/C17H21BrN2O3/c1-4-10-20(11-5-2)17(22)13(3)19-16(21)12-23-15-8-6-14(18)7-9-15/h4-9,13H,1-2,10-12H2,3H3,(H,19,21). The Hall–Kier alpha value is -2.08. The van der Waals surface area contributed by atoms with E-state index in [-0.39, 0.29) is 18.4 Å². The molecule has 2 amide bonds. The molecule has 0 saturated carbocycles. The van der Waals surface area contributed by atoms with Crippen molar-refractivity contribution in [2.24, 2.45) is 0 Å². The molecule has 0 radical (unpaired) electrons. The molecular formula is C17H21BrN2O3. The highest BCUT2D eigenvalue weighted by atomic mass is 79.9. The van der Waals surface area contributed by atoms with Gasteiger partial charge in [0, 0.05) is 17.6 Å². The number of benzene rings is 1. The second-order valence-corrected chi connectivity index (χ2v) is 5.77. The highest BCUT2D eigenvalue weighted by molar-refractivity contribution is 9.10. The van der Waals surface area contributed by atoms with Crippen molar-refractivity contribution in [2.75, 3.05) is 19.7 Å². The van der Waals surface area contributed by atoms with E-state index in [1.54, 1.807) is 36.1 Å². The van der Waals surface area contributed by atoms with E-state index in [1.165, 1.54) is 0 Å². The first-order valence-electron chi connectivity index (χ1n) is 7.16. The topological polar surface area (TPSA) is 58.6 Å². The summed E-state index contributed by atoms with van der Waals surface area (Å²) in [6.45, 7) is 9.53. The number of carbonyl (C=O) groups excluding carboxylic acids is 2. The van der Waals surface area contributed by atoms with Crippen LogP contribution in [-0.2, 0) is 9.59 Å². The van der Waals surface area contributed by atoms with Crippen molar-refractivity contribution in [3.05, 3.63) is 54.0 Å². The van der Waals surface area contributed by atoms with Gasteiger partial charge in [-0.05, 0) is 31.2 Å². The van der Waals surface area contributed by atoms with E-state index in [0.717, 1.165) is 4.47 Å². The maximum atomic E-state index is 12.2. The molecule has 1 atom stereocenters. The van der Waals surface area contributed by atoms with Crippen molar-refractivity contribution in [1.29, 1.82) is 0 Å².